The van der Waals surface area contributed by atoms with Crippen LogP contribution in [0.4, 0.5) is 0 Å². The van der Waals surface area contributed by atoms with Gasteiger partial charge in [-0.05, 0) is 6.17 Å². The lowest BCUT2D eigenvalue weighted by Crippen LogP contribution is -2.47. The first-order chi connectivity index (χ1) is 6.64. The Balaban J connectivity index is 2.25. The van der Waals surface area contributed by atoms with Crippen molar-refractivity contribution in [3.8, 4) is 0 Å². The van der Waals surface area contributed by atoms with Gasteiger partial charge in [-0.3, -0.25) is 0 Å². The first kappa shape index (κ1) is 12.2. The Labute approximate surface area is 89.6 Å². The van der Waals surface area contributed by atoms with Crippen molar-refractivity contribution in [3.05, 3.63) is 0 Å². The predicted octanol–water partition coefficient (Wildman–Crippen LogP) is 2.37. The molecule has 1 aliphatic rings. The van der Waals surface area contributed by atoms with E-state index in [9.17, 15) is 0 Å². The van der Waals surface area contributed by atoms with Gasteiger partial charge in [0.25, 0.3) is 0 Å². The zero-order chi connectivity index (χ0) is 10.4. The van der Waals surface area contributed by atoms with E-state index in [2.05, 4.69) is 24.9 Å². The molecule has 0 radical (unpaired) electrons. The first-order valence-corrected chi connectivity index (χ1v) is 9.35. The third-order valence-electron chi connectivity index (χ3n) is 2.96. The fraction of sp³-hybridized carbons (Fsp3) is 1.00. The van der Waals surface area contributed by atoms with Gasteiger partial charge in [0.2, 0.25) is 0 Å². The van der Waals surface area contributed by atoms with E-state index in [0.717, 1.165) is 26.3 Å². The lowest BCUT2D eigenvalue weighted by Gasteiger charge is -2.33. The molecule has 0 amide bonds. The second-order valence-electron chi connectivity index (χ2n) is 5.16. The Kier molecular flexibility index (Phi) is 5.13. The zero-order valence-corrected chi connectivity index (χ0v) is 11.0. The van der Waals surface area contributed by atoms with Crippen molar-refractivity contribution >= 4 is 8.07 Å². The number of morpholine rings is 1. The Bertz CT molecular complexity index is 155. The minimum absolute atomic E-state index is 0.941. The maximum atomic E-state index is 5.37. The van der Waals surface area contributed by atoms with Crippen molar-refractivity contribution < 1.29 is 4.74 Å². The van der Waals surface area contributed by atoms with Gasteiger partial charge in [0, 0.05) is 13.1 Å². The molecule has 0 bridgehead atoms. The summed E-state index contributed by atoms with van der Waals surface area (Å²) in [7, 11) is -0.941. The molecule has 0 spiro atoms. The van der Waals surface area contributed by atoms with Crippen molar-refractivity contribution in [2.24, 2.45) is 0 Å². The Morgan fingerprint density at radius 3 is 2.43 bits per heavy atom. The summed E-state index contributed by atoms with van der Waals surface area (Å²) in [6, 6.07) is 1.49. The molecule has 0 aromatic heterocycles. The minimum Gasteiger partial charge on any atom is -0.379 e. The van der Waals surface area contributed by atoms with Crippen LogP contribution in [0.5, 0.6) is 0 Å². The van der Waals surface area contributed by atoms with Gasteiger partial charge in [-0.15, -0.1) is 0 Å². The van der Waals surface area contributed by atoms with Gasteiger partial charge in [-0.25, -0.2) is 0 Å². The molecular weight excluding hydrogens is 190 g/mol. The van der Waals surface area contributed by atoms with Crippen LogP contribution in [0.1, 0.15) is 19.8 Å². The molecule has 0 aromatic rings. The highest BCUT2D eigenvalue weighted by molar-refractivity contribution is 6.77. The highest BCUT2D eigenvalue weighted by atomic mass is 28.3. The van der Waals surface area contributed by atoms with Crippen LogP contribution in [0.3, 0.4) is 0 Å². The van der Waals surface area contributed by atoms with Crippen molar-refractivity contribution in [1.82, 2.24) is 4.90 Å². The van der Waals surface area contributed by atoms with Crippen molar-refractivity contribution in [2.45, 2.75) is 38.9 Å². The van der Waals surface area contributed by atoms with Gasteiger partial charge in [0.1, 0.15) is 0 Å². The first-order valence-electron chi connectivity index (χ1n) is 5.94. The van der Waals surface area contributed by atoms with E-state index in [1.54, 1.807) is 0 Å². The third-order valence-corrected chi connectivity index (χ3v) is 5.97. The summed E-state index contributed by atoms with van der Waals surface area (Å²) in [5.41, 5.74) is 0. The topological polar surface area (TPSA) is 12.5 Å². The standard InChI is InChI=1S/C11H25NOSi/c1-4-5-10-14(2,3)11-12-6-8-13-9-7-12/h4-11H2,1-3H3. The molecule has 0 aliphatic carbocycles. The number of hydrogen-bond donors (Lipinski definition) is 0. The number of hydrogen-bond acceptors (Lipinski definition) is 2. The largest absolute Gasteiger partial charge is 0.379 e. The van der Waals surface area contributed by atoms with Crippen LogP contribution >= 0.6 is 0 Å². The third kappa shape index (κ3) is 4.58. The SMILES string of the molecule is CCCC[Si](C)(C)CN1CCOCC1. The van der Waals surface area contributed by atoms with Crippen LogP contribution in [0.25, 0.3) is 0 Å². The van der Waals surface area contributed by atoms with Crippen LogP contribution in [-0.4, -0.2) is 45.4 Å². The highest BCUT2D eigenvalue weighted by Gasteiger charge is 2.24. The molecular formula is C11H25NOSi. The average molecular weight is 215 g/mol. The van der Waals surface area contributed by atoms with Crippen LogP contribution in [0, 0.1) is 0 Å². The smallest absolute Gasteiger partial charge is 0.0629 e. The number of ether oxygens (including phenoxy) is 1. The second-order valence-corrected chi connectivity index (χ2v) is 10.3. The molecule has 0 saturated carbocycles. The maximum Gasteiger partial charge on any atom is 0.0629 e. The lowest BCUT2D eigenvalue weighted by molar-refractivity contribution is 0.0455. The number of rotatable bonds is 5. The van der Waals surface area contributed by atoms with Crippen molar-refractivity contribution in [2.75, 3.05) is 32.5 Å². The Morgan fingerprint density at radius 2 is 1.86 bits per heavy atom. The summed E-state index contributed by atoms with van der Waals surface area (Å²) >= 11 is 0. The van der Waals surface area contributed by atoms with Gasteiger partial charge in [-0.1, -0.05) is 38.9 Å². The molecule has 84 valence electrons. The fourth-order valence-corrected chi connectivity index (χ4v) is 5.09. The summed E-state index contributed by atoms with van der Waals surface area (Å²) < 4.78 is 5.37. The second kappa shape index (κ2) is 5.88. The summed E-state index contributed by atoms with van der Waals surface area (Å²) in [5, 5.41) is 0. The van der Waals surface area contributed by atoms with E-state index in [1.807, 2.05) is 0 Å². The molecule has 1 rings (SSSR count). The van der Waals surface area contributed by atoms with Crippen LogP contribution in [0.15, 0.2) is 0 Å². The molecule has 0 N–H and O–H groups in total. The van der Waals surface area contributed by atoms with Gasteiger partial charge in [-0.2, -0.15) is 0 Å². The molecule has 2 nitrogen and oxygen atoms in total. The monoisotopic (exact) mass is 215 g/mol. The predicted molar refractivity (Wildman–Crippen MR) is 64.5 cm³/mol. The summed E-state index contributed by atoms with van der Waals surface area (Å²) in [6.07, 6.45) is 4.14. The minimum atomic E-state index is -0.941. The quantitative estimate of drug-likeness (QED) is 0.653. The van der Waals surface area contributed by atoms with E-state index in [-0.39, 0.29) is 0 Å². The summed E-state index contributed by atoms with van der Waals surface area (Å²) in [4.78, 5) is 2.60. The lowest BCUT2D eigenvalue weighted by atomic mass is 10.4. The molecule has 3 heteroatoms. The van der Waals surface area contributed by atoms with E-state index in [1.165, 1.54) is 25.1 Å². The molecule has 0 atom stereocenters. The van der Waals surface area contributed by atoms with Gasteiger partial charge < -0.3 is 9.64 Å². The molecule has 0 unspecified atom stereocenters. The van der Waals surface area contributed by atoms with Gasteiger partial charge in [0.05, 0.1) is 21.3 Å². The average Bonchev–Trinajstić information content (AvgIpc) is 2.16. The maximum absolute atomic E-state index is 5.37. The van der Waals surface area contributed by atoms with E-state index in [0.29, 0.717) is 0 Å². The van der Waals surface area contributed by atoms with E-state index < -0.39 is 8.07 Å². The van der Waals surface area contributed by atoms with Gasteiger partial charge in [0.15, 0.2) is 0 Å². The summed E-state index contributed by atoms with van der Waals surface area (Å²) in [6.45, 7) is 11.5. The normalized spacial score (nSPS) is 19.9. The zero-order valence-electron chi connectivity index (χ0n) is 10.0. The molecule has 0 aromatic carbocycles. The molecule has 14 heavy (non-hydrogen) atoms. The molecule has 1 heterocycles. The Hall–Kier alpha value is 0.137. The number of unbranched alkanes of at least 4 members (excludes halogenated alkanes) is 1. The fourth-order valence-electron chi connectivity index (χ4n) is 2.10. The van der Waals surface area contributed by atoms with E-state index >= 15 is 0 Å². The van der Waals surface area contributed by atoms with Crippen LogP contribution < -0.4 is 0 Å². The van der Waals surface area contributed by atoms with Crippen molar-refractivity contribution in [1.29, 1.82) is 0 Å². The number of nitrogens with zero attached hydrogens (tertiary/aromatic N) is 1. The van der Waals surface area contributed by atoms with Crippen LogP contribution in [0.2, 0.25) is 19.1 Å². The Morgan fingerprint density at radius 1 is 1.21 bits per heavy atom. The molecule has 1 aliphatic heterocycles. The molecule has 1 saturated heterocycles. The van der Waals surface area contributed by atoms with E-state index in [4.69, 9.17) is 4.74 Å². The molecule has 1 fully saturated rings. The van der Waals surface area contributed by atoms with Crippen LogP contribution in [-0.2, 0) is 4.74 Å². The van der Waals surface area contributed by atoms with Gasteiger partial charge >= 0.3 is 0 Å². The highest BCUT2D eigenvalue weighted by Crippen LogP contribution is 2.15. The summed E-state index contributed by atoms with van der Waals surface area (Å²) in [5.74, 6) is 0. The van der Waals surface area contributed by atoms with Crippen molar-refractivity contribution in [3.63, 3.8) is 0 Å².